The summed E-state index contributed by atoms with van der Waals surface area (Å²) in [5.41, 5.74) is 11.1. The molecule has 8 aromatic carbocycles. The maximum atomic E-state index is 6.94. The van der Waals surface area contributed by atoms with Crippen molar-refractivity contribution in [1.82, 2.24) is 24.1 Å². The first-order chi connectivity index (χ1) is 28.3. The summed E-state index contributed by atoms with van der Waals surface area (Å²) in [6.07, 6.45) is 0. The molecule has 0 unspecified atom stereocenters. The van der Waals surface area contributed by atoms with E-state index in [2.05, 4.69) is 137 Å². The average Bonchev–Trinajstić information content (AvgIpc) is 3.95. The summed E-state index contributed by atoms with van der Waals surface area (Å²) >= 11 is 0. The number of hydrogen-bond donors (Lipinski definition) is 0. The molecule has 0 fully saturated rings. The lowest BCUT2D eigenvalue weighted by Gasteiger charge is -2.12. The van der Waals surface area contributed by atoms with Crippen LogP contribution in [0.15, 0.2) is 192 Å². The molecule has 266 valence electrons. The normalized spacial score (nSPS) is 11.9. The summed E-state index contributed by atoms with van der Waals surface area (Å²) in [6, 6.07) is 65.3. The van der Waals surface area contributed by atoms with Crippen LogP contribution in [-0.2, 0) is 0 Å². The maximum Gasteiger partial charge on any atom is 0.164 e. The Kier molecular flexibility index (Phi) is 6.83. The zero-order valence-corrected chi connectivity index (χ0v) is 30.5. The van der Waals surface area contributed by atoms with E-state index in [-0.39, 0.29) is 0 Å². The lowest BCUT2D eigenvalue weighted by Crippen LogP contribution is -2.00. The molecular weight excluding hydrogens is 699 g/mol. The standard InChI is InChI=1S/C51H31N5O/c1-4-16-32(17-5-1)49-52-50(33-18-6-2-7-19-33)54-51(53-49)34-28-30-36(31-29-34)56-41-26-14-11-23-38(41)44-46(56)43-37-22-10-13-25-40(37)55(35-20-8-3-9-21-35)47(43)45-39-24-12-15-27-42(39)57-48(44)45/h1-31H. The van der Waals surface area contributed by atoms with Gasteiger partial charge in [0.1, 0.15) is 11.2 Å². The van der Waals surface area contributed by atoms with Crippen LogP contribution in [0.4, 0.5) is 0 Å². The Balaban J connectivity index is 1.16. The first-order valence-electron chi connectivity index (χ1n) is 19.1. The second-order valence-corrected chi connectivity index (χ2v) is 14.4. The van der Waals surface area contributed by atoms with Crippen molar-refractivity contribution in [2.24, 2.45) is 0 Å². The fraction of sp³-hybridized carbons (Fsp3) is 0. The third-order valence-corrected chi connectivity index (χ3v) is 11.1. The fourth-order valence-electron chi connectivity index (χ4n) is 8.69. The second kappa shape index (κ2) is 12.3. The van der Waals surface area contributed by atoms with Gasteiger partial charge in [0.25, 0.3) is 0 Å². The van der Waals surface area contributed by atoms with Crippen molar-refractivity contribution in [3.8, 4) is 45.5 Å². The van der Waals surface area contributed by atoms with Crippen molar-refractivity contribution in [2.45, 2.75) is 0 Å². The lowest BCUT2D eigenvalue weighted by molar-refractivity contribution is 0.673. The van der Waals surface area contributed by atoms with Gasteiger partial charge < -0.3 is 13.6 Å². The van der Waals surface area contributed by atoms with E-state index in [0.717, 1.165) is 82.8 Å². The van der Waals surface area contributed by atoms with Gasteiger partial charge in [-0.05, 0) is 54.6 Å². The van der Waals surface area contributed by atoms with Crippen LogP contribution >= 0.6 is 0 Å². The minimum atomic E-state index is 0.619. The van der Waals surface area contributed by atoms with Crippen molar-refractivity contribution in [1.29, 1.82) is 0 Å². The number of hydrogen-bond acceptors (Lipinski definition) is 4. The molecule has 6 heteroatoms. The van der Waals surface area contributed by atoms with Gasteiger partial charge in [-0.3, -0.25) is 0 Å². The zero-order chi connectivity index (χ0) is 37.5. The smallest absolute Gasteiger partial charge is 0.164 e. The molecule has 0 bridgehead atoms. The van der Waals surface area contributed by atoms with Crippen LogP contribution in [0.25, 0.3) is 111 Å². The van der Waals surface area contributed by atoms with Gasteiger partial charge in [0, 0.05) is 49.6 Å². The highest BCUT2D eigenvalue weighted by Gasteiger charge is 2.27. The number of furan rings is 1. The summed E-state index contributed by atoms with van der Waals surface area (Å²) in [5, 5.41) is 6.81. The summed E-state index contributed by atoms with van der Waals surface area (Å²) in [5.74, 6) is 1.89. The highest BCUT2D eigenvalue weighted by Crippen LogP contribution is 2.49. The number of aromatic nitrogens is 5. The molecule has 0 amide bonds. The fourth-order valence-corrected chi connectivity index (χ4v) is 8.69. The van der Waals surface area contributed by atoms with Crippen molar-refractivity contribution < 1.29 is 4.42 Å². The molecule has 12 rings (SSSR count). The van der Waals surface area contributed by atoms with Gasteiger partial charge in [-0.2, -0.15) is 0 Å². The third kappa shape index (κ3) is 4.74. The Morgan fingerprint density at radius 3 is 1.30 bits per heavy atom. The second-order valence-electron chi connectivity index (χ2n) is 14.4. The number of benzene rings is 8. The molecule has 57 heavy (non-hydrogen) atoms. The van der Waals surface area contributed by atoms with Crippen molar-refractivity contribution in [3.05, 3.63) is 188 Å². The average molecular weight is 730 g/mol. The van der Waals surface area contributed by atoms with E-state index in [1.807, 2.05) is 60.7 Å². The Morgan fingerprint density at radius 1 is 0.333 bits per heavy atom. The molecule has 0 saturated heterocycles. The monoisotopic (exact) mass is 729 g/mol. The van der Waals surface area contributed by atoms with Gasteiger partial charge in [0.05, 0.1) is 32.8 Å². The summed E-state index contributed by atoms with van der Waals surface area (Å²) < 4.78 is 11.8. The molecule has 0 atom stereocenters. The van der Waals surface area contributed by atoms with Gasteiger partial charge in [0.2, 0.25) is 0 Å². The van der Waals surface area contributed by atoms with E-state index in [4.69, 9.17) is 19.4 Å². The number of para-hydroxylation sites is 4. The van der Waals surface area contributed by atoms with Crippen LogP contribution in [-0.4, -0.2) is 24.1 Å². The molecule has 0 aliphatic rings. The van der Waals surface area contributed by atoms with Crippen LogP contribution in [0.5, 0.6) is 0 Å². The SMILES string of the molecule is c1ccc(-c2nc(-c3ccccc3)nc(-c3ccc(-n4c5ccccc5c5c6oc7ccccc7c6c6c(c7ccccc7n6-c6ccccc6)c54)cc3)n2)cc1. The van der Waals surface area contributed by atoms with E-state index in [9.17, 15) is 0 Å². The summed E-state index contributed by atoms with van der Waals surface area (Å²) in [4.78, 5) is 14.9. The van der Waals surface area contributed by atoms with Gasteiger partial charge in [-0.1, -0.05) is 133 Å². The molecule has 0 N–H and O–H groups in total. The van der Waals surface area contributed by atoms with E-state index >= 15 is 0 Å². The number of fused-ring (bicyclic) bond motifs is 12. The third-order valence-electron chi connectivity index (χ3n) is 11.1. The summed E-state index contributed by atoms with van der Waals surface area (Å²) in [6.45, 7) is 0. The molecule has 0 saturated carbocycles. The number of rotatable bonds is 5. The Morgan fingerprint density at radius 2 is 0.737 bits per heavy atom. The van der Waals surface area contributed by atoms with Crippen LogP contribution in [0.2, 0.25) is 0 Å². The lowest BCUT2D eigenvalue weighted by atomic mass is 10.0. The van der Waals surface area contributed by atoms with Gasteiger partial charge in [0.15, 0.2) is 17.5 Å². The minimum Gasteiger partial charge on any atom is -0.455 e. The predicted molar refractivity (Wildman–Crippen MR) is 232 cm³/mol. The van der Waals surface area contributed by atoms with Gasteiger partial charge in [-0.25, -0.2) is 15.0 Å². The van der Waals surface area contributed by atoms with Crippen LogP contribution in [0, 0.1) is 0 Å². The highest BCUT2D eigenvalue weighted by atomic mass is 16.3. The topological polar surface area (TPSA) is 61.7 Å². The van der Waals surface area contributed by atoms with Crippen molar-refractivity contribution in [3.63, 3.8) is 0 Å². The van der Waals surface area contributed by atoms with Crippen LogP contribution in [0.3, 0.4) is 0 Å². The van der Waals surface area contributed by atoms with E-state index in [1.54, 1.807) is 0 Å². The van der Waals surface area contributed by atoms with Crippen molar-refractivity contribution >= 4 is 65.6 Å². The zero-order valence-electron chi connectivity index (χ0n) is 30.5. The Hall–Kier alpha value is -7.83. The van der Waals surface area contributed by atoms with E-state index < -0.39 is 0 Å². The predicted octanol–water partition coefficient (Wildman–Crippen LogP) is 13.0. The molecule has 4 aromatic heterocycles. The largest absolute Gasteiger partial charge is 0.455 e. The summed E-state index contributed by atoms with van der Waals surface area (Å²) in [7, 11) is 0. The molecule has 6 nitrogen and oxygen atoms in total. The molecule has 12 aromatic rings. The number of nitrogens with zero attached hydrogens (tertiary/aromatic N) is 5. The first kappa shape index (κ1) is 31.5. The maximum absolute atomic E-state index is 6.94. The highest BCUT2D eigenvalue weighted by molar-refractivity contribution is 6.39. The van der Waals surface area contributed by atoms with Gasteiger partial charge in [-0.15, -0.1) is 0 Å². The van der Waals surface area contributed by atoms with Gasteiger partial charge >= 0.3 is 0 Å². The quantitative estimate of drug-likeness (QED) is 0.177. The Labute approximate surface area is 326 Å². The van der Waals surface area contributed by atoms with Crippen LogP contribution < -0.4 is 0 Å². The molecule has 0 aliphatic heterocycles. The van der Waals surface area contributed by atoms with Crippen molar-refractivity contribution in [2.75, 3.05) is 0 Å². The minimum absolute atomic E-state index is 0.619. The molecule has 0 radical (unpaired) electrons. The molecular formula is C51H31N5O. The molecule has 4 heterocycles. The first-order valence-corrected chi connectivity index (χ1v) is 19.1. The Bertz CT molecular complexity index is 3430. The molecule has 0 spiro atoms. The molecule has 0 aliphatic carbocycles. The van der Waals surface area contributed by atoms with Crippen LogP contribution in [0.1, 0.15) is 0 Å². The van der Waals surface area contributed by atoms with E-state index in [1.165, 1.54) is 10.8 Å². The van der Waals surface area contributed by atoms with E-state index in [0.29, 0.717) is 17.5 Å².